The molecule has 1 saturated heterocycles. The van der Waals surface area contributed by atoms with E-state index in [9.17, 15) is 9.90 Å². The van der Waals surface area contributed by atoms with Crippen LogP contribution in [0.5, 0.6) is 0 Å². The fourth-order valence-corrected chi connectivity index (χ4v) is 4.14. The van der Waals surface area contributed by atoms with Crippen molar-refractivity contribution >= 4 is 6.09 Å². The van der Waals surface area contributed by atoms with E-state index in [1.807, 2.05) is 91.0 Å². The van der Waals surface area contributed by atoms with E-state index in [-0.39, 0.29) is 19.8 Å². The number of rotatable bonds is 11. The van der Waals surface area contributed by atoms with Gasteiger partial charge in [0.1, 0.15) is 31.0 Å². The van der Waals surface area contributed by atoms with Gasteiger partial charge in [0.2, 0.25) is 0 Å². The van der Waals surface area contributed by atoms with Gasteiger partial charge in [-0.15, -0.1) is 0 Å². The fourth-order valence-electron chi connectivity index (χ4n) is 4.14. The molecule has 0 unspecified atom stereocenters. The number of ether oxygens (including phenoxy) is 5. The maximum Gasteiger partial charge on any atom is 0.407 e. The van der Waals surface area contributed by atoms with Gasteiger partial charge in [0, 0.05) is 7.11 Å². The van der Waals surface area contributed by atoms with Crippen LogP contribution in [0.2, 0.25) is 0 Å². The molecule has 0 aliphatic carbocycles. The normalized spacial score (nSPS) is 23.4. The SMILES string of the molecule is CO[C@H]1O[C@H](COCc2ccccc2)[C@@H](O)[C@H](OCc2ccccc2)[C@H]1NC(=O)OCc1ccccc1. The molecular weight excluding hydrogens is 474 g/mol. The second-order valence-corrected chi connectivity index (χ2v) is 8.76. The van der Waals surface area contributed by atoms with E-state index in [2.05, 4.69) is 5.32 Å². The average Bonchev–Trinajstić information content (AvgIpc) is 2.94. The second-order valence-electron chi connectivity index (χ2n) is 8.76. The third-order valence-corrected chi connectivity index (χ3v) is 6.08. The molecular formula is C29H33NO7. The molecule has 37 heavy (non-hydrogen) atoms. The molecule has 1 fully saturated rings. The highest BCUT2D eigenvalue weighted by atomic mass is 16.7. The van der Waals surface area contributed by atoms with Crippen LogP contribution in [0.15, 0.2) is 91.0 Å². The Bertz CT molecular complexity index is 1070. The van der Waals surface area contributed by atoms with Crippen LogP contribution in [-0.2, 0) is 43.5 Å². The number of carbonyl (C=O) groups is 1. The molecule has 1 amide bonds. The molecule has 1 aliphatic heterocycles. The van der Waals surface area contributed by atoms with Gasteiger partial charge in [0.05, 0.1) is 19.8 Å². The number of methoxy groups -OCH3 is 1. The van der Waals surface area contributed by atoms with E-state index in [1.54, 1.807) is 0 Å². The van der Waals surface area contributed by atoms with Gasteiger partial charge in [0.15, 0.2) is 6.29 Å². The zero-order chi connectivity index (χ0) is 25.9. The number of hydrogen-bond donors (Lipinski definition) is 2. The highest BCUT2D eigenvalue weighted by Gasteiger charge is 2.47. The smallest absolute Gasteiger partial charge is 0.407 e. The number of alkyl carbamates (subject to hydrolysis) is 1. The molecule has 196 valence electrons. The van der Waals surface area contributed by atoms with Crippen molar-refractivity contribution in [3.63, 3.8) is 0 Å². The third kappa shape index (κ3) is 7.85. The van der Waals surface area contributed by atoms with Crippen molar-refractivity contribution < 1.29 is 33.6 Å². The van der Waals surface area contributed by atoms with Gasteiger partial charge >= 0.3 is 6.09 Å². The Labute approximate surface area is 217 Å². The van der Waals surface area contributed by atoms with Crippen LogP contribution >= 0.6 is 0 Å². The van der Waals surface area contributed by atoms with Gasteiger partial charge in [-0.3, -0.25) is 0 Å². The lowest BCUT2D eigenvalue weighted by molar-refractivity contribution is -0.274. The molecule has 1 aliphatic rings. The lowest BCUT2D eigenvalue weighted by Gasteiger charge is -2.44. The molecule has 0 saturated carbocycles. The summed E-state index contributed by atoms with van der Waals surface area (Å²) in [4.78, 5) is 12.7. The number of aliphatic hydroxyl groups is 1. The first kappa shape index (κ1) is 26.8. The number of hydrogen-bond acceptors (Lipinski definition) is 7. The minimum Gasteiger partial charge on any atom is -0.445 e. The van der Waals surface area contributed by atoms with Gasteiger partial charge in [-0.1, -0.05) is 91.0 Å². The number of carbonyl (C=O) groups excluding carboxylic acids is 1. The van der Waals surface area contributed by atoms with Crippen LogP contribution in [-0.4, -0.2) is 55.6 Å². The van der Waals surface area contributed by atoms with Crippen molar-refractivity contribution in [3.05, 3.63) is 108 Å². The Morgan fingerprint density at radius 3 is 1.95 bits per heavy atom. The van der Waals surface area contributed by atoms with Crippen LogP contribution in [0.3, 0.4) is 0 Å². The Hall–Kier alpha value is -3.27. The molecule has 3 aromatic carbocycles. The van der Waals surface area contributed by atoms with Crippen molar-refractivity contribution in [2.24, 2.45) is 0 Å². The minimum absolute atomic E-state index is 0.103. The monoisotopic (exact) mass is 507 g/mol. The van der Waals surface area contributed by atoms with Crippen molar-refractivity contribution in [1.82, 2.24) is 5.32 Å². The van der Waals surface area contributed by atoms with Crippen molar-refractivity contribution in [2.45, 2.75) is 50.5 Å². The average molecular weight is 508 g/mol. The Kier molecular flexibility index (Phi) is 10.0. The summed E-state index contributed by atoms with van der Waals surface area (Å²) in [5.41, 5.74) is 2.79. The zero-order valence-electron chi connectivity index (χ0n) is 20.8. The quantitative estimate of drug-likeness (QED) is 0.407. The highest BCUT2D eigenvalue weighted by Crippen LogP contribution is 2.26. The van der Waals surface area contributed by atoms with Gasteiger partial charge in [0.25, 0.3) is 0 Å². The summed E-state index contributed by atoms with van der Waals surface area (Å²) in [5, 5.41) is 14.0. The number of aliphatic hydroxyl groups excluding tert-OH is 1. The molecule has 8 nitrogen and oxygen atoms in total. The van der Waals surface area contributed by atoms with Gasteiger partial charge in [-0.25, -0.2) is 4.79 Å². The zero-order valence-corrected chi connectivity index (χ0v) is 20.8. The topological polar surface area (TPSA) is 95.5 Å². The summed E-state index contributed by atoms with van der Waals surface area (Å²) < 4.78 is 28.9. The molecule has 1 heterocycles. The van der Waals surface area contributed by atoms with Crippen LogP contribution in [0.1, 0.15) is 16.7 Å². The number of benzene rings is 3. The van der Waals surface area contributed by atoms with Gasteiger partial charge < -0.3 is 34.1 Å². The number of amides is 1. The van der Waals surface area contributed by atoms with E-state index in [1.165, 1.54) is 7.11 Å². The summed E-state index contributed by atoms with van der Waals surface area (Å²) in [7, 11) is 1.47. The molecule has 4 rings (SSSR count). The lowest BCUT2D eigenvalue weighted by Crippen LogP contribution is -2.65. The van der Waals surface area contributed by atoms with Crippen molar-refractivity contribution in [3.8, 4) is 0 Å². The first-order valence-corrected chi connectivity index (χ1v) is 12.2. The first-order chi connectivity index (χ1) is 18.1. The molecule has 0 bridgehead atoms. The van der Waals surface area contributed by atoms with E-state index in [0.29, 0.717) is 6.61 Å². The molecule has 2 N–H and O–H groups in total. The molecule has 3 aromatic rings. The minimum atomic E-state index is -1.09. The first-order valence-electron chi connectivity index (χ1n) is 12.2. The molecule has 0 radical (unpaired) electrons. The third-order valence-electron chi connectivity index (χ3n) is 6.08. The van der Waals surface area contributed by atoms with Crippen molar-refractivity contribution in [2.75, 3.05) is 13.7 Å². The summed E-state index contributed by atoms with van der Waals surface area (Å²) in [5.74, 6) is 0. The predicted molar refractivity (Wildman–Crippen MR) is 136 cm³/mol. The molecule has 5 atom stereocenters. The van der Waals surface area contributed by atoms with E-state index >= 15 is 0 Å². The Morgan fingerprint density at radius 1 is 0.838 bits per heavy atom. The Balaban J connectivity index is 1.42. The van der Waals surface area contributed by atoms with Gasteiger partial charge in [-0.2, -0.15) is 0 Å². The Morgan fingerprint density at radius 2 is 1.38 bits per heavy atom. The van der Waals surface area contributed by atoms with Crippen LogP contribution in [0.4, 0.5) is 4.79 Å². The standard InChI is InChI=1S/C29H33NO7/c1-33-28-25(30-29(32)36-19-23-15-9-4-10-16-23)27(35-18-22-13-7-3-8-14-22)26(31)24(37-28)20-34-17-21-11-5-2-6-12-21/h2-16,24-28,31H,17-20H2,1H3,(H,30,32)/t24-,25-,26-,27-,28+/m1/s1. The molecule has 0 spiro atoms. The van der Waals surface area contributed by atoms with Crippen LogP contribution < -0.4 is 5.32 Å². The predicted octanol–water partition coefficient (Wildman–Crippen LogP) is 3.82. The molecule has 8 heteroatoms. The highest BCUT2D eigenvalue weighted by molar-refractivity contribution is 5.67. The maximum atomic E-state index is 12.7. The van der Waals surface area contributed by atoms with Crippen molar-refractivity contribution in [1.29, 1.82) is 0 Å². The van der Waals surface area contributed by atoms with E-state index < -0.39 is 36.7 Å². The second kappa shape index (κ2) is 13.9. The maximum absolute atomic E-state index is 12.7. The van der Waals surface area contributed by atoms with Gasteiger partial charge in [-0.05, 0) is 16.7 Å². The summed E-state index contributed by atoms with van der Waals surface area (Å²) >= 11 is 0. The largest absolute Gasteiger partial charge is 0.445 e. The summed E-state index contributed by atoms with van der Waals surface area (Å²) in [6, 6.07) is 27.9. The fraction of sp³-hybridized carbons (Fsp3) is 0.345. The van der Waals surface area contributed by atoms with E-state index in [4.69, 9.17) is 23.7 Å². The lowest BCUT2D eigenvalue weighted by atomic mass is 9.96. The molecule has 0 aromatic heterocycles. The number of nitrogens with one attached hydrogen (secondary N) is 1. The summed E-state index contributed by atoms with van der Waals surface area (Å²) in [6.45, 7) is 0.820. The van der Waals surface area contributed by atoms with Crippen LogP contribution in [0, 0.1) is 0 Å². The summed E-state index contributed by atoms with van der Waals surface area (Å²) in [6.07, 6.45) is -4.22. The van der Waals surface area contributed by atoms with Crippen LogP contribution in [0.25, 0.3) is 0 Å². The van der Waals surface area contributed by atoms with E-state index in [0.717, 1.165) is 16.7 Å².